The number of ether oxygens (including phenoxy) is 3. The Balaban J connectivity index is 1.74. The van der Waals surface area contributed by atoms with Gasteiger partial charge in [-0.05, 0) is 49.5 Å². The summed E-state index contributed by atoms with van der Waals surface area (Å²) >= 11 is 0. The van der Waals surface area contributed by atoms with Crippen molar-refractivity contribution in [2.24, 2.45) is 5.92 Å². The standard InChI is InChI=1S/C41H64N2O6/c1-6-8-10-12-14-16-26-43(27-17-15-13-11-9-7-2)29-38-31(3)39(36-22-20-35(30-44)21-23-36)49-41(48-38)37-24-18-34(19-25-37)28-42-40(46)32(4)47-33(5)45/h18-25,31-32,38-39,41,44H,6-17,26-30H2,1-5H3,(H,42,46). The maximum absolute atomic E-state index is 12.3. The van der Waals surface area contributed by atoms with Crippen molar-refractivity contribution in [3.8, 4) is 0 Å². The topological polar surface area (TPSA) is 97.3 Å². The predicted molar refractivity (Wildman–Crippen MR) is 196 cm³/mol. The molecule has 0 bridgehead atoms. The molecule has 2 N–H and O–H groups in total. The van der Waals surface area contributed by atoms with Crippen LogP contribution in [-0.2, 0) is 37.0 Å². The monoisotopic (exact) mass is 680 g/mol. The van der Waals surface area contributed by atoms with Gasteiger partial charge in [-0.15, -0.1) is 0 Å². The molecule has 0 spiro atoms. The van der Waals surface area contributed by atoms with Crippen LogP contribution in [0.25, 0.3) is 0 Å². The number of hydrogen-bond donors (Lipinski definition) is 2. The minimum absolute atomic E-state index is 0.0109. The van der Waals surface area contributed by atoms with Gasteiger partial charge in [-0.1, -0.05) is 134 Å². The van der Waals surface area contributed by atoms with E-state index in [0.29, 0.717) is 6.54 Å². The van der Waals surface area contributed by atoms with Crippen LogP contribution in [0.4, 0.5) is 0 Å². The zero-order valence-electron chi connectivity index (χ0n) is 31.0. The fraction of sp³-hybridized carbons (Fsp3) is 0.659. The summed E-state index contributed by atoms with van der Waals surface area (Å²) < 4.78 is 18.5. The van der Waals surface area contributed by atoms with Crippen LogP contribution in [0.15, 0.2) is 48.5 Å². The third-order valence-corrected chi connectivity index (χ3v) is 9.65. The number of aliphatic hydroxyl groups is 1. The summed E-state index contributed by atoms with van der Waals surface area (Å²) in [4.78, 5) is 26.2. The Morgan fingerprint density at radius 3 is 1.88 bits per heavy atom. The first-order valence-electron chi connectivity index (χ1n) is 19.0. The fourth-order valence-electron chi connectivity index (χ4n) is 6.54. The van der Waals surface area contributed by atoms with E-state index in [1.807, 2.05) is 36.4 Å². The second-order valence-electron chi connectivity index (χ2n) is 13.9. The number of carbonyl (C=O) groups excluding carboxylic acids is 2. The highest BCUT2D eigenvalue weighted by atomic mass is 16.7. The molecule has 49 heavy (non-hydrogen) atoms. The lowest BCUT2D eigenvalue weighted by Gasteiger charge is -2.43. The van der Waals surface area contributed by atoms with E-state index in [9.17, 15) is 14.7 Å². The summed E-state index contributed by atoms with van der Waals surface area (Å²) in [7, 11) is 0. The first-order chi connectivity index (χ1) is 23.7. The first-order valence-corrected chi connectivity index (χ1v) is 19.0. The minimum atomic E-state index is -0.843. The molecule has 1 aliphatic rings. The second-order valence-corrected chi connectivity index (χ2v) is 13.9. The van der Waals surface area contributed by atoms with Gasteiger partial charge >= 0.3 is 5.97 Å². The summed E-state index contributed by atoms with van der Waals surface area (Å²) in [6.07, 6.45) is 13.8. The largest absolute Gasteiger partial charge is 0.453 e. The number of unbranched alkanes of at least 4 members (excludes halogenated alkanes) is 10. The smallest absolute Gasteiger partial charge is 0.303 e. The van der Waals surface area contributed by atoms with E-state index in [2.05, 4.69) is 43.1 Å². The Kier molecular flexibility index (Phi) is 18.9. The Morgan fingerprint density at radius 1 is 0.796 bits per heavy atom. The normalized spacial score (nSPS) is 19.9. The van der Waals surface area contributed by atoms with Crippen LogP contribution in [0.3, 0.4) is 0 Å². The molecular formula is C41H64N2O6. The van der Waals surface area contributed by atoms with Gasteiger partial charge in [0.1, 0.15) is 0 Å². The Bertz CT molecular complexity index is 1190. The Labute approximate surface area is 296 Å². The number of amides is 1. The van der Waals surface area contributed by atoms with Gasteiger partial charge in [0.25, 0.3) is 5.91 Å². The molecule has 1 amide bonds. The lowest BCUT2D eigenvalue weighted by molar-refractivity contribution is -0.276. The summed E-state index contributed by atoms with van der Waals surface area (Å²) in [5.41, 5.74) is 3.82. The number of nitrogens with zero attached hydrogens (tertiary/aromatic N) is 1. The number of nitrogens with one attached hydrogen (secondary N) is 1. The van der Waals surface area contributed by atoms with Crippen LogP contribution in [-0.4, -0.2) is 53.7 Å². The molecule has 274 valence electrons. The molecule has 3 rings (SSSR count). The van der Waals surface area contributed by atoms with Crippen LogP contribution in [0.5, 0.6) is 0 Å². The highest BCUT2D eigenvalue weighted by molar-refractivity contribution is 5.82. The van der Waals surface area contributed by atoms with Gasteiger partial charge in [-0.25, -0.2) is 0 Å². The van der Waals surface area contributed by atoms with E-state index in [-0.39, 0.29) is 30.6 Å². The molecule has 5 atom stereocenters. The number of hydrogen-bond acceptors (Lipinski definition) is 7. The van der Waals surface area contributed by atoms with Crippen molar-refractivity contribution in [1.29, 1.82) is 0 Å². The number of esters is 1. The Morgan fingerprint density at radius 2 is 1.33 bits per heavy atom. The highest BCUT2D eigenvalue weighted by Crippen LogP contribution is 2.42. The maximum atomic E-state index is 12.3. The number of aliphatic hydroxyl groups excluding tert-OH is 1. The van der Waals surface area contributed by atoms with Crippen molar-refractivity contribution in [2.45, 2.75) is 149 Å². The average Bonchev–Trinajstić information content (AvgIpc) is 3.10. The molecule has 0 radical (unpaired) electrons. The van der Waals surface area contributed by atoms with Crippen LogP contribution in [0.2, 0.25) is 0 Å². The molecule has 1 heterocycles. The molecular weight excluding hydrogens is 616 g/mol. The first kappa shape index (κ1) is 40.6. The second kappa shape index (κ2) is 22.8. The van der Waals surface area contributed by atoms with E-state index >= 15 is 0 Å². The molecule has 8 nitrogen and oxygen atoms in total. The summed E-state index contributed by atoms with van der Waals surface area (Å²) in [6, 6.07) is 16.0. The fourth-order valence-corrected chi connectivity index (χ4v) is 6.54. The molecule has 1 fully saturated rings. The van der Waals surface area contributed by atoms with Gasteiger partial charge in [0.2, 0.25) is 0 Å². The van der Waals surface area contributed by atoms with Crippen molar-refractivity contribution >= 4 is 11.9 Å². The lowest BCUT2D eigenvalue weighted by atomic mass is 9.90. The van der Waals surface area contributed by atoms with Gasteiger partial charge in [0, 0.05) is 31.5 Å². The molecule has 2 aromatic rings. The van der Waals surface area contributed by atoms with Crippen LogP contribution in [0.1, 0.15) is 146 Å². The van der Waals surface area contributed by atoms with E-state index in [4.69, 9.17) is 14.2 Å². The molecule has 2 aromatic carbocycles. The third-order valence-electron chi connectivity index (χ3n) is 9.65. The maximum Gasteiger partial charge on any atom is 0.303 e. The van der Waals surface area contributed by atoms with Crippen LogP contribution in [0, 0.1) is 5.92 Å². The van der Waals surface area contributed by atoms with E-state index in [0.717, 1.165) is 41.9 Å². The molecule has 5 unspecified atom stereocenters. The van der Waals surface area contributed by atoms with E-state index < -0.39 is 18.4 Å². The number of carbonyl (C=O) groups is 2. The molecule has 1 saturated heterocycles. The average molecular weight is 681 g/mol. The van der Waals surface area contributed by atoms with Crippen molar-refractivity contribution in [3.05, 3.63) is 70.8 Å². The number of rotatable bonds is 23. The molecule has 0 aromatic heterocycles. The lowest BCUT2D eigenvalue weighted by Crippen LogP contribution is -2.45. The SMILES string of the molecule is CCCCCCCCN(CCCCCCCC)CC1OC(c2ccc(CNC(=O)C(C)OC(C)=O)cc2)OC(c2ccc(CO)cc2)C1C. The third kappa shape index (κ3) is 14.5. The van der Waals surface area contributed by atoms with Gasteiger partial charge < -0.3 is 29.5 Å². The summed E-state index contributed by atoms with van der Waals surface area (Å²) in [5.74, 6) is -0.694. The van der Waals surface area contributed by atoms with Crippen molar-refractivity contribution in [3.63, 3.8) is 0 Å². The van der Waals surface area contributed by atoms with Gasteiger partial charge in [-0.3, -0.25) is 9.59 Å². The predicted octanol–water partition coefficient (Wildman–Crippen LogP) is 8.56. The zero-order chi connectivity index (χ0) is 35.4. The van der Waals surface area contributed by atoms with Gasteiger partial charge in [0.05, 0.1) is 18.8 Å². The van der Waals surface area contributed by atoms with E-state index in [1.54, 1.807) is 6.92 Å². The molecule has 0 aliphatic carbocycles. The van der Waals surface area contributed by atoms with E-state index in [1.165, 1.54) is 84.0 Å². The quantitative estimate of drug-likeness (QED) is 0.0897. The van der Waals surface area contributed by atoms with Crippen molar-refractivity contribution < 1.29 is 28.9 Å². The Hall–Kier alpha value is -2.78. The number of benzene rings is 2. The molecule has 8 heteroatoms. The van der Waals surface area contributed by atoms with Crippen LogP contribution >= 0.6 is 0 Å². The van der Waals surface area contributed by atoms with Crippen molar-refractivity contribution in [2.75, 3.05) is 19.6 Å². The summed E-state index contributed by atoms with van der Waals surface area (Å²) in [5, 5.41) is 12.5. The molecule has 0 saturated carbocycles. The summed E-state index contributed by atoms with van der Waals surface area (Å²) in [6.45, 7) is 13.0. The van der Waals surface area contributed by atoms with Gasteiger partial charge in [0.15, 0.2) is 12.4 Å². The molecule has 1 aliphatic heterocycles. The minimum Gasteiger partial charge on any atom is -0.453 e. The van der Waals surface area contributed by atoms with Gasteiger partial charge in [-0.2, -0.15) is 0 Å². The van der Waals surface area contributed by atoms with Crippen molar-refractivity contribution in [1.82, 2.24) is 10.2 Å². The van der Waals surface area contributed by atoms with Crippen LogP contribution < -0.4 is 5.32 Å². The highest BCUT2D eigenvalue weighted by Gasteiger charge is 2.39. The zero-order valence-corrected chi connectivity index (χ0v) is 31.0.